The molecule has 2 aliphatic heterocycles. The molecule has 1 aromatic carbocycles. The number of hydrogen-bond acceptors (Lipinski definition) is 5. The van der Waals surface area contributed by atoms with Gasteiger partial charge < -0.3 is 20.1 Å². The number of amides is 1. The van der Waals surface area contributed by atoms with Crippen molar-refractivity contribution in [1.82, 2.24) is 5.32 Å². The number of carbonyl (C=O) groups is 2. The first-order valence-corrected chi connectivity index (χ1v) is 7.58. The Hall–Kier alpha value is -2.08. The third-order valence-corrected chi connectivity index (χ3v) is 4.10. The third kappa shape index (κ3) is 3.22. The Bertz CT molecular complexity index is 594. The highest BCUT2D eigenvalue weighted by molar-refractivity contribution is 6.04. The van der Waals surface area contributed by atoms with E-state index >= 15 is 0 Å². The van der Waals surface area contributed by atoms with Crippen LogP contribution in [0, 0.1) is 5.92 Å². The second kappa shape index (κ2) is 6.36. The highest BCUT2D eigenvalue weighted by Gasteiger charge is 2.22. The average molecular weight is 304 g/mol. The van der Waals surface area contributed by atoms with E-state index in [1.54, 1.807) is 12.1 Å². The monoisotopic (exact) mass is 304 g/mol. The van der Waals surface area contributed by atoms with Crippen LogP contribution in [-0.4, -0.2) is 31.6 Å². The SMILES string of the molecule is CC(=O)c1cc2c(cc1NC(=O)CC1CCNCC1)OCO2. The lowest BCUT2D eigenvalue weighted by Crippen LogP contribution is -2.30. The summed E-state index contributed by atoms with van der Waals surface area (Å²) in [5.74, 6) is 1.32. The second-order valence-electron chi connectivity index (χ2n) is 5.75. The zero-order valence-corrected chi connectivity index (χ0v) is 12.6. The zero-order chi connectivity index (χ0) is 15.5. The number of nitrogens with one attached hydrogen (secondary N) is 2. The van der Waals surface area contributed by atoms with Crippen LogP contribution in [0.25, 0.3) is 0 Å². The molecule has 0 atom stereocenters. The quantitative estimate of drug-likeness (QED) is 0.831. The molecule has 1 amide bonds. The summed E-state index contributed by atoms with van der Waals surface area (Å²) in [6.45, 7) is 3.53. The van der Waals surface area contributed by atoms with E-state index in [0.717, 1.165) is 25.9 Å². The Balaban J connectivity index is 1.73. The maximum absolute atomic E-state index is 12.2. The molecular formula is C16H20N2O4. The first kappa shape index (κ1) is 14.8. The van der Waals surface area contributed by atoms with Gasteiger partial charge in [0.25, 0.3) is 0 Å². The van der Waals surface area contributed by atoms with Crippen LogP contribution in [0.3, 0.4) is 0 Å². The lowest BCUT2D eigenvalue weighted by Gasteiger charge is -2.22. The van der Waals surface area contributed by atoms with Gasteiger partial charge in [0.2, 0.25) is 12.7 Å². The van der Waals surface area contributed by atoms with E-state index in [9.17, 15) is 9.59 Å². The Kier molecular flexibility index (Phi) is 4.29. The molecule has 1 saturated heterocycles. The van der Waals surface area contributed by atoms with Crippen molar-refractivity contribution in [3.63, 3.8) is 0 Å². The summed E-state index contributed by atoms with van der Waals surface area (Å²) in [6.07, 6.45) is 2.50. The lowest BCUT2D eigenvalue weighted by atomic mass is 9.94. The van der Waals surface area contributed by atoms with Gasteiger partial charge in [0.05, 0.1) is 5.69 Å². The molecule has 22 heavy (non-hydrogen) atoms. The summed E-state index contributed by atoms with van der Waals surface area (Å²) < 4.78 is 10.6. The number of hydrogen-bond donors (Lipinski definition) is 2. The first-order valence-electron chi connectivity index (χ1n) is 7.58. The van der Waals surface area contributed by atoms with Crippen molar-refractivity contribution in [2.75, 3.05) is 25.2 Å². The van der Waals surface area contributed by atoms with Crippen LogP contribution in [0.15, 0.2) is 12.1 Å². The molecule has 6 nitrogen and oxygen atoms in total. The summed E-state index contributed by atoms with van der Waals surface area (Å²) in [5, 5.41) is 6.14. The van der Waals surface area contributed by atoms with Gasteiger partial charge in [-0.2, -0.15) is 0 Å². The van der Waals surface area contributed by atoms with E-state index in [2.05, 4.69) is 10.6 Å². The van der Waals surface area contributed by atoms with Gasteiger partial charge in [-0.05, 0) is 44.8 Å². The van der Waals surface area contributed by atoms with Crippen LogP contribution in [0.1, 0.15) is 36.5 Å². The molecule has 2 N–H and O–H groups in total. The summed E-state index contributed by atoms with van der Waals surface area (Å²) in [7, 11) is 0. The van der Waals surface area contributed by atoms with Crippen molar-refractivity contribution in [2.45, 2.75) is 26.2 Å². The average Bonchev–Trinajstić information content (AvgIpc) is 2.94. The second-order valence-corrected chi connectivity index (χ2v) is 5.75. The smallest absolute Gasteiger partial charge is 0.231 e. The molecule has 0 saturated carbocycles. The molecule has 1 aromatic rings. The molecule has 2 aliphatic rings. The van der Waals surface area contributed by atoms with Gasteiger partial charge >= 0.3 is 0 Å². The number of ether oxygens (including phenoxy) is 2. The predicted molar refractivity (Wildman–Crippen MR) is 81.4 cm³/mol. The van der Waals surface area contributed by atoms with Crippen molar-refractivity contribution in [3.8, 4) is 11.5 Å². The Morgan fingerprint density at radius 2 is 1.91 bits per heavy atom. The molecule has 0 radical (unpaired) electrons. The highest BCUT2D eigenvalue weighted by Crippen LogP contribution is 2.37. The first-order chi connectivity index (χ1) is 10.6. The summed E-state index contributed by atoms with van der Waals surface area (Å²) in [5.41, 5.74) is 0.943. The van der Waals surface area contributed by atoms with Crippen LogP contribution in [-0.2, 0) is 4.79 Å². The Morgan fingerprint density at radius 3 is 2.59 bits per heavy atom. The molecule has 0 spiro atoms. The lowest BCUT2D eigenvalue weighted by molar-refractivity contribution is -0.117. The normalized spacial score (nSPS) is 17.3. The molecule has 0 bridgehead atoms. The predicted octanol–water partition coefficient (Wildman–Crippen LogP) is 1.95. The molecule has 2 heterocycles. The van der Waals surface area contributed by atoms with Crippen molar-refractivity contribution in [3.05, 3.63) is 17.7 Å². The van der Waals surface area contributed by atoms with Gasteiger partial charge in [-0.1, -0.05) is 0 Å². The Morgan fingerprint density at radius 1 is 1.23 bits per heavy atom. The van der Waals surface area contributed by atoms with Crippen molar-refractivity contribution in [2.24, 2.45) is 5.92 Å². The number of ketones is 1. The van der Waals surface area contributed by atoms with Crippen LogP contribution in [0.4, 0.5) is 5.69 Å². The van der Waals surface area contributed by atoms with Gasteiger partial charge in [0, 0.05) is 18.1 Å². The maximum Gasteiger partial charge on any atom is 0.231 e. The summed E-state index contributed by atoms with van der Waals surface area (Å²) >= 11 is 0. The topological polar surface area (TPSA) is 76.7 Å². The van der Waals surface area contributed by atoms with Crippen molar-refractivity contribution in [1.29, 1.82) is 0 Å². The largest absolute Gasteiger partial charge is 0.454 e. The van der Waals surface area contributed by atoms with E-state index < -0.39 is 0 Å². The standard InChI is InChI=1S/C16H20N2O4/c1-10(19)12-7-14-15(22-9-21-14)8-13(12)18-16(20)6-11-2-4-17-5-3-11/h7-8,11,17H,2-6,9H2,1H3,(H,18,20). The fourth-order valence-corrected chi connectivity index (χ4v) is 2.89. The molecule has 6 heteroatoms. The minimum absolute atomic E-state index is 0.0618. The van der Waals surface area contributed by atoms with E-state index in [0.29, 0.717) is 35.1 Å². The number of benzene rings is 1. The van der Waals surface area contributed by atoms with Crippen LogP contribution >= 0.6 is 0 Å². The third-order valence-electron chi connectivity index (χ3n) is 4.10. The molecule has 3 rings (SSSR count). The molecule has 0 aliphatic carbocycles. The van der Waals surface area contributed by atoms with Crippen molar-refractivity contribution >= 4 is 17.4 Å². The fraction of sp³-hybridized carbons (Fsp3) is 0.500. The van der Waals surface area contributed by atoms with E-state index in [4.69, 9.17) is 9.47 Å². The van der Waals surface area contributed by atoms with Crippen LogP contribution in [0.5, 0.6) is 11.5 Å². The van der Waals surface area contributed by atoms with Crippen molar-refractivity contribution < 1.29 is 19.1 Å². The highest BCUT2D eigenvalue weighted by atomic mass is 16.7. The van der Waals surface area contributed by atoms with E-state index in [1.165, 1.54) is 6.92 Å². The van der Waals surface area contributed by atoms with Crippen LogP contribution in [0.2, 0.25) is 0 Å². The Labute approximate surface area is 129 Å². The van der Waals surface area contributed by atoms with Gasteiger partial charge in [0.15, 0.2) is 17.3 Å². The fourth-order valence-electron chi connectivity index (χ4n) is 2.89. The molecule has 1 fully saturated rings. The molecule has 0 aromatic heterocycles. The molecule has 118 valence electrons. The summed E-state index contributed by atoms with van der Waals surface area (Å²) in [4.78, 5) is 24.0. The minimum Gasteiger partial charge on any atom is -0.454 e. The molecule has 0 unspecified atom stereocenters. The number of Topliss-reactive ketones (excluding diaryl/α,β-unsaturated/α-hetero) is 1. The number of anilines is 1. The van der Waals surface area contributed by atoms with E-state index in [1.807, 2.05) is 0 Å². The number of carbonyl (C=O) groups excluding carboxylic acids is 2. The van der Waals surface area contributed by atoms with Crippen LogP contribution < -0.4 is 20.1 Å². The summed E-state index contributed by atoms with van der Waals surface area (Å²) in [6, 6.07) is 3.30. The van der Waals surface area contributed by atoms with Gasteiger partial charge in [-0.3, -0.25) is 9.59 Å². The maximum atomic E-state index is 12.2. The number of piperidine rings is 1. The van der Waals surface area contributed by atoms with Gasteiger partial charge in [0.1, 0.15) is 0 Å². The zero-order valence-electron chi connectivity index (χ0n) is 12.6. The number of fused-ring (bicyclic) bond motifs is 1. The van der Waals surface area contributed by atoms with Gasteiger partial charge in [-0.25, -0.2) is 0 Å². The molecular weight excluding hydrogens is 284 g/mol. The minimum atomic E-state index is -0.115. The van der Waals surface area contributed by atoms with E-state index in [-0.39, 0.29) is 18.5 Å². The van der Waals surface area contributed by atoms with Gasteiger partial charge in [-0.15, -0.1) is 0 Å². The number of rotatable bonds is 4.